The number of aromatic nitrogens is 3. The lowest BCUT2D eigenvalue weighted by atomic mass is 9.83. The van der Waals surface area contributed by atoms with Gasteiger partial charge in [-0.15, -0.1) is 5.10 Å². The number of esters is 1. The molecule has 0 spiro atoms. The zero-order valence-electron chi connectivity index (χ0n) is 79.9. The van der Waals surface area contributed by atoms with E-state index in [1.54, 1.807) is 44.2 Å². The molecule has 4 heterocycles. The van der Waals surface area contributed by atoms with E-state index in [2.05, 4.69) is 68.8 Å². The van der Waals surface area contributed by atoms with Crippen LogP contribution >= 0.6 is 23.4 Å². The van der Waals surface area contributed by atoms with Gasteiger partial charge in [0.1, 0.15) is 89.0 Å². The molecule has 0 radical (unpaired) electrons. The highest BCUT2D eigenvalue weighted by Gasteiger charge is 2.65. The molecule has 13 atom stereocenters. The second-order valence-corrected chi connectivity index (χ2v) is 35.6. The Morgan fingerprint density at radius 3 is 1.98 bits per heavy atom. The van der Waals surface area contributed by atoms with Crippen molar-refractivity contribution in [2.45, 2.75) is 248 Å². The predicted octanol–water partition coefficient (Wildman–Crippen LogP) is 0.319. The van der Waals surface area contributed by atoms with E-state index in [1.165, 1.54) is 82.2 Å². The van der Waals surface area contributed by atoms with Gasteiger partial charge in [0.25, 0.3) is 0 Å². The number of aryl methyl sites for hydroxylation is 1. The first-order chi connectivity index (χ1) is 66.0. The molecular formula is C90H135ClN20O27S. The third-order valence-electron chi connectivity index (χ3n) is 23.0. The van der Waals surface area contributed by atoms with Gasteiger partial charge < -0.3 is 133 Å². The highest BCUT2D eigenvalue weighted by atomic mass is 35.5. The van der Waals surface area contributed by atoms with E-state index in [0.29, 0.717) is 49.7 Å². The molecule has 4 bridgehead atoms. The Labute approximate surface area is 814 Å². The molecule has 0 unspecified atom stereocenters. The number of likely N-dealkylation sites (N-methyl/N-ethyl adjacent to an activating group) is 1. The number of phenolic OH excluding ortho intramolecular Hbond substituents is 1. The van der Waals surface area contributed by atoms with Gasteiger partial charge in [0, 0.05) is 111 Å². The lowest BCUT2D eigenvalue weighted by Crippen LogP contribution is -2.63. The van der Waals surface area contributed by atoms with Crippen molar-refractivity contribution in [1.82, 2.24) is 78.4 Å². The van der Waals surface area contributed by atoms with Gasteiger partial charge in [-0.3, -0.25) is 72.9 Å². The van der Waals surface area contributed by atoms with Crippen molar-refractivity contribution in [2.75, 3.05) is 104 Å². The Kier molecular flexibility index (Phi) is 48.9. The summed E-state index contributed by atoms with van der Waals surface area (Å²) < 4.78 is 47.4. The summed E-state index contributed by atoms with van der Waals surface area (Å²) in [5, 5.41) is 76.6. The molecule has 3 aromatic rings. The number of nitrogens with one attached hydrogen (secondary N) is 12. The van der Waals surface area contributed by atoms with Gasteiger partial charge >= 0.3 is 24.1 Å². The Morgan fingerprint density at radius 1 is 0.734 bits per heavy atom. The molecule has 1 aromatic heterocycles. The zero-order valence-corrected chi connectivity index (χ0v) is 81.4. The second-order valence-electron chi connectivity index (χ2n) is 34.1. The van der Waals surface area contributed by atoms with Gasteiger partial charge in [0.2, 0.25) is 70.9 Å². The number of alkyl carbamates (subject to hydrolysis) is 2. The number of halogens is 1. The lowest BCUT2D eigenvalue weighted by Gasteiger charge is -2.42. The predicted molar refractivity (Wildman–Crippen MR) is 504 cm³/mol. The van der Waals surface area contributed by atoms with Crippen molar-refractivity contribution >= 4 is 130 Å². The third-order valence-corrected chi connectivity index (χ3v) is 24.3. The fraction of sp³-hybridized carbons (Fsp3) is 0.611. The molecule has 3 aliphatic rings. The number of methoxy groups -OCH3 is 2. The van der Waals surface area contributed by atoms with Crippen LogP contribution in [0.4, 0.5) is 15.3 Å². The average Bonchev–Trinajstić information content (AvgIpc) is 1.57. The minimum absolute atomic E-state index is 0.00545. The Hall–Kier alpha value is -12.5. The number of aliphatic carboxylic acids is 1. The Morgan fingerprint density at radius 2 is 1.35 bits per heavy atom. The molecule has 770 valence electrons. The molecule has 2 fully saturated rings. The van der Waals surface area contributed by atoms with Gasteiger partial charge in [-0.05, 0) is 120 Å². The number of anilines is 1. The molecule has 49 heteroatoms. The summed E-state index contributed by atoms with van der Waals surface area (Å²) in [7, 11) is 5.68. The van der Waals surface area contributed by atoms with E-state index in [9.17, 15) is 92.0 Å². The molecule has 2 saturated heterocycles. The first-order valence-corrected chi connectivity index (χ1v) is 47.4. The molecule has 0 aliphatic carbocycles. The number of carboxylic acid groups (broad SMARTS) is 1. The number of aliphatic hydroxyl groups is 1. The van der Waals surface area contributed by atoms with E-state index < -0.39 is 179 Å². The summed E-state index contributed by atoms with van der Waals surface area (Å²) in [6.07, 6.45) is 2.81. The maximum atomic E-state index is 14.6. The number of phenols is 1. The third kappa shape index (κ3) is 40.8. The molecule has 14 amide bonds. The second kappa shape index (κ2) is 59.0. The molecular weight excluding hydrogens is 1860 g/mol. The fourth-order valence-electron chi connectivity index (χ4n) is 15.0. The number of carboxylic acids is 1. The molecule has 139 heavy (non-hydrogen) atoms. The smallest absolute Gasteiger partial charge is 0.409 e. The van der Waals surface area contributed by atoms with Crippen LogP contribution in [0.15, 0.2) is 66.4 Å². The quantitative estimate of drug-likeness (QED) is 0.00903. The Bertz CT molecular complexity index is 4740. The van der Waals surface area contributed by atoms with Crippen molar-refractivity contribution in [2.24, 2.45) is 23.1 Å². The summed E-state index contributed by atoms with van der Waals surface area (Å²) in [5.41, 5.74) is 15.0. The van der Waals surface area contributed by atoms with Crippen LogP contribution in [-0.2, 0) is 126 Å². The van der Waals surface area contributed by atoms with E-state index in [1.807, 2.05) is 6.92 Å². The summed E-state index contributed by atoms with van der Waals surface area (Å²) >= 11 is 7.89. The first-order valence-electron chi connectivity index (χ1n) is 45.8. The molecule has 6 rings (SSSR count). The number of benzene rings is 2. The van der Waals surface area contributed by atoms with Crippen LogP contribution in [0, 0.1) is 11.3 Å². The minimum Gasteiger partial charge on any atom is -0.508 e. The standard InChI is InChI=1S/C90H135ClN20O27S/c1-53-19-17-24-69(132-9)90(130)48-68(136-88(129)106-90)54(2)79-89(5,138-79)70(47-77(120)110(7)66-45-58(43-53)46-67(131-8)78(66)91)137-85(127)55(3)109(6)76(119)32-42-139-52-75(118)103-63(21-12-13-25-71(92)114)82(123)104-64(83(124)105-65(84(125)126)44-57-26-28-60(113)29-27-57)22-14-16-37-111-50-59(107-108-111)51-135-87(128)99-33-15-10-11-20-61(101-56(4)112)80(121)96-35-41-134-39-31-74(117)102-62(23-18-34-98-86(94)95)81(122)97-36-40-133-38-30-73(116)100-49-72(93)115/h17,19,24,26-29,45-46,50,54-55,61-65,68-70,79,113,130H,10-16,18,20-23,25,30-44,47-49,51-52H2,1-9H3,(H2,92,114)(H2,93,115)(H,96,121)(H,97,122)(H,99,128)(H,100,116)(H,101,112)(H,102,117)(H,103,118)(H,104,123)(H,105,124)(H,106,129)(H,125,126)(H4,94,95,98)/b24-17+,53-19+/t54-,55+,61+,62+,63+,64+,65+,68+,69-,70+,79+,89+,90+/m1/s1. The molecule has 2 aromatic carbocycles. The molecule has 21 N–H and O–H groups in total. The largest absolute Gasteiger partial charge is 0.508 e. The fourth-order valence-corrected chi connectivity index (χ4v) is 16.1. The number of nitrogens with zero attached hydrogens (tertiary/aromatic N) is 5. The van der Waals surface area contributed by atoms with E-state index in [0.717, 1.165) is 22.2 Å². The van der Waals surface area contributed by atoms with E-state index in [-0.39, 0.29) is 201 Å². The number of allylic oxidation sites excluding steroid dienone is 3. The minimum atomic E-state index is -1.96. The van der Waals surface area contributed by atoms with Crippen LogP contribution < -0.4 is 85.3 Å². The van der Waals surface area contributed by atoms with Crippen molar-refractivity contribution < 1.29 is 130 Å². The number of hydrogen-bond donors (Lipinski definition) is 18. The topological polar surface area (TPSA) is 682 Å². The number of thioether (sulfide) groups is 1. The van der Waals surface area contributed by atoms with Crippen LogP contribution in [0.5, 0.6) is 11.5 Å². The highest BCUT2D eigenvalue weighted by Crippen LogP contribution is 2.49. The normalized spacial score (nSPS) is 19.7. The summed E-state index contributed by atoms with van der Waals surface area (Å²) in [6.45, 7) is 8.07. The van der Waals surface area contributed by atoms with E-state index in [4.69, 9.17) is 72.1 Å². The highest BCUT2D eigenvalue weighted by molar-refractivity contribution is 7.99. The number of fused-ring (bicyclic) bond motifs is 5. The van der Waals surface area contributed by atoms with Crippen molar-refractivity contribution in [3.05, 3.63) is 88.2 Å². The number of unbranched alkanes of at least 4 members (excludes halogenated alkanes) is 4. The number of hydrogen-bond acceptors (Lipinski definition) is 30. The van der Waals surface area contributed by atoms with Crippen LogP contribution in [0.3, 0.4) is 0 Å². The SMILES string of the molecule is COc1cc2cc(c1Cl)N(C)C(=O)C[C@H](OC(=O)[C@H](C)N(C)C(=O)CCSCC(=O)N[C@@H](CCCCC(N)=O)C(=O)N[C@@H](CCCCn1cc(COC(=O)NCCCCC[C@H](NC(C)=O)C(=O)NCCOCCC(=O)N[C@@H](CCCNC(=N)N)C(=O)NCCOCCC(=O)NCC(N)=O)nn1)C(=O)N[C@@H](Cc1ccc(O)cc1)C(=O)O)[C@]1(C)O[C@H]1[C@H](C)[C@@H]1C[C@@](O)(NC(=O)O1)[C@H](OC)/C=C/C=C(\C)C2. The van der Waals surface area contributed by atoms with Crippen LogP contribution in [0.1, 0.15) is 167 Å². The van der Waals surface area contributed by atoms with E-state index >= 15 is 0 Å². The van der Waals surface area contributed by atoms with Gasteiger partial charge in [-0.1, -0.05) is 78.9 Å². The number of amides is 14. The average molecular weight is 2000 g/mol. The number of nitrogens with two attached hydrogens (primary N) is 3. The number of epoxide rings is 1. The van der Waals surface area contributed by atoms with Crippen molar-refractivity contribution in [3.8, 4) is 11.5 Å². The lowest BCUT2D eigenvalue weighted by molar-refractivity contribution is -0.162. The Balaban J connectivity index is 0.978. The van der Waals surface area contributed by atoms with Gasteiger partial charge in [-0.2, -0.15) is 11.8 Å². The number of primary amides is 2. The summed E-state index contributed by atoms with van der Waals surface area (Å²) in [4.78, 5) is 212. The van der Waals surface area contributed by atoms with Crippen molar-refractivity contribution in [3.63, 3.8) is 0 Å². The monoisotopic (exact) mass is 1990 g/mol. The number of carbonyl (C=O) groups is 16. The van der Waals surface area contributed by atoms with Crippen LogP contribution in [-0.4, -0.2) is 307 Å². The number of rotatable bonds is 58. The molecule has 47 nitrogen and oxygen atoms in total. The number of ether oxygens (including phenoxy) is 8. The van der Waals surface area contributed by atoms with Gasteiger partial charge in [-0.25, -0.2) is 19.2 Å². The van der Waals surface area contributed by atoms with Crippen LogP contribution in [0.2, 0.25) is 5.02 Å². The zero-order chi connectivity index (χ0) is 102. The first kappa shape index (κ1) is 115. The summed E-state index contributed by atoms with van der Waals surface area (Å²) in [5.74, 6) is -10.6. The van der Waals surface area contributed by atoms with Crippen molar-refractivity contribution in [1.29, 1.82) is 5.41 Å². The van der Waals surface area contributed by atoms with Gasteiger partial charge in [0.15, 0.2) is 11.7 Å². The number of aromatic hydroxyl groups is 1. The molecule has 3 aliphatic heterocycles. The number of guanidine groups is 1. The number of carbonyl (C=O) groups excluding carboxylic acids is 15. The van der Waals surface area contributed by atoms with Gasteiger partial charge in [0.05, 0.1) is 70.2 Å². The molecule has 0 saturated carbocycles. The maximum Gasteiger partial charge on any atom is 0.409 e. The van der Waals surface area contributed by atoms with Crippen LogP contribution in [0.25, 0.3) is 0 Å². The summed E-state index contributed by atoms with van der Waals surface area (Å²) in [6, 6.07) is 1.71. The maximum absolute atomic E-state index is 14.6.